The summed E-state index contributed by atoms with van der Waals surface area (Å²) in [6.07, 6.45) is 5.71. The average molecular weight is 244 g/mol. The van der Waals surface area contributed by atoms with Crippen LogP contribution < -0.4 is 5.73 Å². The summed E-state index contributed by atoms with van der Waals surface area (Å²) < 4.78 is 5.17. The van der Waals surface area contributed by atoms with Crippen molar-refractivity contribution in [2.24, 2.45) is 5.73 Å². The third-order valence-corrected chi connectivity index (χ3v) is 2.67. The molecule has 2 aromatic rings. The summed E-state index contributed by atoms with van der Waals surface area (Å²) in [5.74, 6) is 1.34. The molecule has 2 N–H and O–H groups in total. The standard InChI is InChI=1S/C14H18N3O/c15-10-6-2-5-9-14-16-13(17-18-14)11-12-7-3-1-4-8-12/h1,3-4,7-9H,2,5-6,10-11,15H2. The van der Waals surface area contributed by atoms with Gasteiger partial charge in [-0.05, 0) is 24.9 Å². The first-order valence-electron chi connectivity index (χ1n) is 6.28. The molecule has 0 saturated heterocycles. The van der Waals surface area contributed by atoms with Crippen molar-refractivity contribution in [3.05, 3.63) is 54.0 Å². The van der Waals surface area contributed by atoms with Crippen LogP contribution in [0.2, 0.25) is 0 Å². The van der Waals surface area contributed by atoms with E-state index in [-0.39, 0.29) is 0 Å². The first-order chi connectivity index (χ1) is 8.88. The van der Waals surface area contributed by atoms with Crippen LogP contribution in [-0.4, -0.2) is 16.7 Å². The lowest BCUT2D eigenvalue weighted by Crippen LogP contribution is -1.97. The molecule has 0 fully saturated rings. The van der Waals surface area contributed by atoms with Gasteiger partial charge in [-0.3, -0.25) is 0 Å². The van der Waals surface area contributed by atoms with Crippen molar-refractivity contribution in [3.63, 3.8) is 0 Å². The minimum Gasteiger partial charge on any atom is -0.339 e. The van der Waals surface area contributed by atoms with Crippen LogP contribution in [0, 0.1) is 6.42 Å². The maximum atomic E-state index is 5.43. The lowest BCUT2D eigenvalue weighted by molar-refractivity contribution is 0.389. The van der Waals surface area contributed by atoms with Crippen LogP contribution >= 0.6 is 0 Å². The third-order valence-electron chi connectivity index (χ3n) is 2.67. The van der Waals surface area contributed by atoms with E-state index in [1.165, 1.54) is 5.56 Å². The summed E-state index contributed by atoms with van der Waals surface area (Å²) in [5.41, 5.74) is 6.62. The van der Waals surface area contributed by atoms with E-state index in [2.05, 4.69) is 22.3 Å². The van der Waals surface area contributed by atoms with E-state index in [9.17, 15) is 0 Å². The molecule has 1 aromatic heterocycles. The lowest BCUT2D eigenvalue weighted by Gasteiger charge is -1.94. The predicted octanol–water partition coefficient (Wildman–Crippen LogP) is 2.34. The topological polar surface area (TPSA) is 64.9 Å². The van der Waals surface area contributed by atoms with Crippen molar-refractivity contribution in [1.29, 1.82) is 0 Å². The van der Waals surface area contributed by atoms with Crippen molar-refractivity contribution in [2.45, 2.75) is 25.7 Å². The molecule has 18 heavy (non-hydrogen) atoms. The minimum absolute atomic E-state index is 0.609. The van der Waals surface area contributed by atoms with E-state index in [4.69, 9.17) is 10.3 Å². The Morgan fingerprint density at radius 1 is 1.17 bits per heavy atom. The second-order valence-corrected chi connectivity index (χ2v) is 4.20. The van der Waals surface area contributed by atoms with Crippen LogP contribution in [0.3, 0.4) is 0 Å². The predicted molar refractivity (Wildman–Crippen MR) is 69.9 cm³/mol. The number of hydrogen-bond acceptors (Lipinski definition) is 4. The zero-order valence-electron chi connectivity index (χ0n) is 10.4. The summed E-state index contributed by atoms with van der Waals surface area (Å²) in [5, 5.41) is 3.97. The van der Waals surface area contributed by atoms with E-state index in [1.807, 2.05) is 24.6 Å². The summed E-state index contributed by atoms with van der Waals surface area (Å²) in [4.78, 5) is 4.34. The highest BCUT2D eigenvalue weighted by Crippen LogP contribution is 2.10. The van der Waals surface area contributed by atoms with Crippen LogP contribution in [-0.2, 0) is 6.42 Å². The van der Waals surface area contributed by atoms with Crippen LogP contribution in [0.25, 0.3) is 0 Å². The number of hydrogen-bond donors (Lipinski definition) is 1. The van der Waals surface area contributed by atoms with Gasteiger partial charge in [-0.25, -0.2) is 0 Å². The molecule has 1 aromatic carbocycles. The quantitative estimate of drug-likeness (QED) is 0.759. The highest BCUT2D eigenvalue weighted by atomic mass is 16.5. The highest BCUT2D eigenvalue weighted by molar-refractivity contribution is 5.18. The van der Waals surface area contributed by atoms with Gasteiger partial charge in [0.2, 0.25) is 5.89 Å². The Kier molecular flexibility index (Phi) is 4.90. The van der Waals surface area contributed by atoms with Gasteiger partial charge in [0.05, 0.1) is 6.42 Å². The Morgan fingerprint density at radius 3 is 2.78 bits per heavy atom. The number of aromatic nitrogens is 2. The van der Waals surface area contributed by atoms with Gasteiger partial charge >= 0.3 is 0 Å². The minimum atomic E-state index is 0.609. The molecule has 0 atom stereocenters. The maximum Gasteiger partial charge on any atom is 0.230 e. The van der Waals surface area contributed by atoms with Gasteiger partial charge in [0.1, 0.15) is 0 Å². The van der Waals surface area contributed by atoms with Crippen molar-refractivity contribution < 1.29 is 4.52 Å². The molecule has 0 bridgehead atoms. The smallest absolute Gasteiger partial charge is 0.230 e. The Balaban J connectivity index is 1.83. The molecule has 0 aliphatic carbocycles. The summed E-state index contributed by atoms with van der Waals surface area (Å²) in [7, 11) is 0. The largest absolute Gasteiger partial charge is 0.339 e. The van der Waals surface area contributed by atoms with Gasteiger partial charge in [0.25, 0.3) is 0 Å². The zero-order valence-corrected chi connectivity index (χ0v) is 10.4. The number of rotatable bonds is 7. The Labute approximate surface area is 107 Å². The first-order valence-corrected chi connectivity index (χ1v) is 6.28. The SMILES string of the molecule is NCCCC[CH]c1nc(Cc2ccccc2)no1. The maximum absolute atomic E-state index is 5.43. The van der Waals surface area contributed by atoms with Gasteiger partial charge in [0.15, 0.2) is 5.82 Å². The third kappa shape index (κ3) is 3.96. The van der Waals surface area contributed by atoms with Crippen molar-refractivity contribution >= 4 is 0 Å². The molecule has 1 radical (unpaired) electrons. The van der Waals surface area contributed by atoms with Gasteiger partial charge in [-0.2, -0.15) is 4.98 Å². The number of benzene rings is 1. The number of unbranched alkanes of at least 4 members (excludes halogenated alkanes) is 2. The second-order valence-electron chi connectivity index (χ2n) is 4.20. The van der Waals surface area contributed by atoms with Crippen LogP contribution in [0.15, 0.2) is 34.9 Å². The van der Waals surface area contributed by atoms with E-state index in [0.29, 0.717) is 12.3 Å². The molecule has 0 unspecified atom stereocenters. The molecular formula is C14H18N3O. The lowest BCUT2D eigenvalue weighted by atomic mass is 10.1. The van der Waals surface area contributed by atoms with Crippen molar-refractivity contribution in [3.8, 4) is 0 Å². The highest BCUT2D eigenvalue weighted by Gasteiger charge is 2.06. The van der Waals surface area contributed by atoms with Crippen molar-refractivity contribution in [2.75, 3.05) is 6.54 Å². The molecule has 0 saturated carbocycles. The van der Waals surface area contributed by atoms with E-state index < -0.39 is 0 Å². The molecule has 0 aliphatic heterocycles. The molecular weight excluding hydrogens is 226 g/mol. The van der Waals surface area contributed by atoms with E-state index in [0.717, 1.165) is 31.6 Å². The normalized spacial score (nSPS) is 10.7. The molecule has 0 aliphatic rings. The summed E-state index contributed by atoms with van der Waals surface area (Å²) in [6.45, 7) is 0.733. The summed E-state index contributed by atoms with van der Waals surface area (Å²) in [6, 6.07) is 10.1. The van der Waals surface area contributed by atoms with Gasteiger partial charge < -0.3 is 10.3 Å². The fraction of sp³-hybridized carbons (Fsp3) is 0.357. The molecule has 4 heteroatoms. The molecule has 4 nitrogen and oxygen atoms in total. The Hall–Kier alpha value is -1.68. The fourth-order valence-corrected chi connectivity index (χ4v) is 1.71. The monoisotopic (exact) mass is 244 g/mol. The molecule has 95 valence electrons. The molecule has 2 rings (SSSR count). The number of nitrogens with zero attached hydrogens (tertiary/aromatic N) is 2. The van der Waals surface area contributed by atoms with Crippen LogP contribution in [0.4, 0.5) is 0 Å². The second kappa shape index (κ2) is 6.91. The fourth-order valence-electron chi connectivity index (χ4n) is 1.71. The van der Waals surface area contributed by atoms with Gasteiger partial charge in [-0.1, -0.05) is 41.9 Å². The number of nitrogens with two attached hydrogens (primary N) is 1. The Bertz CT molecular complexity index is 453. The average Bonchev–Trinajstić information content (AvgIpc) is 2.84. The van der Waals surface area contributed by atoms with E-state index >= 15 is 0 Å². The van der Waals surface area contributed by atoms with Crippen LogP contribution in [0.1, 0.15) is 36.5 Å². The van der Waals surface area contributed by atoms with Gasteiger partial charge in [0, 0.05) is 6.42 Å². The molecule has 0 spiro atoms. The summed E-state index contributed by atoms with van der Waals surface area (Å²) >= 11 is 0. The van der Waals surface area contributed by atoms with Gasteiger partial charge in [-0.15, -0.1) is 0 Å². The molecule has 1 heterocycles. The molecule has 0 amide bonds. The van der Waals surface area contributed by atoms with Crippen LogP contribution in [0.5, 0.6) is 0 Å². The zero-order chi connectivity index (χ0) is 12.6. The van der Waals surface area contributed by atoms with E-state index in [1.54, 1.807) is 0 Å². The first kappa shape index (κ1) is 12.8. The van der Waals surface area contributed by atoms with Crippen molar-refractivity contribution in [1.82, 2.24) is 10.1 Å². The Morgan fingerprint density at radius 2 is 2.00 bits per heavy atom.